The maximum Gasteiger partial charge on any atom is 0.334 e. The van der Waals surface area contributed by atoms with E-state index in [-0.39, 0.29) is 6.54 Å². The van der Waals surface area contributed by atoms with Gasteiger partial charge in [-0.1, -0.05) is 22.0 Å². The van der Waals surface area contributed by atoms with Gasteiger partial charge in [-0.2, -0.15) is 0 Å². The normalized spacial score (nSPS) is 11.9. The molecule has 1 atom stereocenters. The van der Waals surface area contributed by atoms with E-state index in [1.165, 1.54) is 0 Å². The van der Waals surface area contributed by atoms with E-state index < -0.39 is 18.0 Å². The van der Waals surface area contributed by atoms with E-state index in [1.807, 2.05) is 0 Å². The molecule has 0 radical (unpaired) electrons. The highest BCUT2D eigenvalue weighted by Crippen LogP contribution is 2.11. The third kappa shape index (κ3) is 3.63. The number of benzene rings is 1. The number of nitrogens with one attached hydrogen (secondary N) is 1. The number of carboxylic acid groups (broad SMARTS) is 1. The number of hydrogen-bond acceptors (Lipinski definition) is 3. The topological polar surface area (TPSA) is 86.6 Å². The van der Waals surface area contributed by atoms with Crippen LogP contribution >= 0.6 is 15.9 Å². The first-order valence-corrected chi connectivity index (χ1v) is 5.24. The van der Waals surface area contributed by atoms with Gasteiger partial charge < -0.3 is 15.5 Å². The molecule has 0 aromatic heterocycles. The van der Waals surface area contributed by atoms with Crippen molar-refractivity contribution in [3.63, 3.8) is 0 Å². The summed E-state index contributed by atoms with van der Waals surface area (Å²) in [6.45, 7) is -0.319. The van der Waals surface area contributed by atoms with E-state index >= 15 is 0 Å². The summed E-state index contributed by atoms with van der Waals surface area (Å²) in [5, 5.41) is 19.7. The minimum Gasteiger partial charge on any atom is -0.479 e. The SMILES string of the molecule is O=C(NC[C@H](O)C(=O)O)c1cccc(Br)c1. The number of halogens is 1. The number of aliphatic hydroxyl groups is 1. The van der Waals surface area contributed by atoms with E-state index in [0.29, 0.717) is 5.56 Å². The summed E-state index contributed by atoms with van der Waals surface area (Å²) in [5.41, 5.74) is 0.395. The van der Waals surface area contributed by atoms with Gasteiger partial charge in [-0.25, -0.2) is 4.79 Å². The van der Waals surface area contributed by atoms with Crippen molar-refractivity contribution < 1.29 is 19.8 Å². The Morgan fingerprint density at radius 2 is 2.12 bits per heavy atom. The van der Waals surface area contributed by atoms with Crippen LogP contribution in [0.25, 0.3) is 0 Å². The number of amides is 1. The summed E-state index contributed by atoms with van der Waals surface area (Å²) in [4.78, 5) is 21.8. The van der Waals surface area contributed by atoms with Gasteiger partial charge in [0.15, 0.2) is 6.10 Å². The summed E-state index contributed by atoms with van der Waals surface area (Å²) in [6.07, 6.45) is -1.59. The fourth-order valence-corrected chi connectivity index (χ4v) is 1.41. The predicted molar refractivity (Wildman–Crippen MR) is 60.1 cm³/mol. The molecule has 0 spiro atoms. The average Bonchev–Trinajstić information content (AvgIpc) is 2.25. The number of carbonyl (C=O) groups excluding carboxylic acids is 1. The molecule has 0 aliphatic heterocycles. The molecule has 6 heteroatoms. The zero-order valence-corrected chi connectivity index (χ0v) is 9.77. The molecule has 5 nitrogen and oxygen atoms in total. The molecule has 0 heterocycles. The van der Waals surface area contributed by atoms with E-state index in [0.717, 1.165) is 4.47 Å². The highest BCUT2D eigenvalue weighted by Gasteiger charge is 2.14. The molecule has 16 heavy (non-hydrogen) atoms. The molecule has 0 unspecified atom stereocenters. The van der Waals surface area contributed by atoms with Gasteiger partial charge in [0.1, 0.15) is 0 Å². The summed E-state index contributed by atoms with van der Waals surface area (Å²) < 4.78 is 0.749. The number of carbonyl (C=O) groups is 2. The van der Waals surface area contributed by atoms with Crippen molar-refractivity contribution in [3.05, 3.63) is 34.3 Å². The molecule has 0 aliphatic carbocycles. The molecule has 1 aromatic rings. The molecule has 0 saturated carbocycles. The van der Waals surface area contributed by atoms with Gasteiger partial charge >= 0.3 is 5.97 Å². The summed E-state index contributed by atoms with van der Waals surface area (Å²) >= 11 is 3.21. The first-order chi connectivity index (χ1) is 7.50. The monoisotopic (exact) mass is 287 g/mol. The summed E-state index contributed by atoms with van der Waals surface area (Å²) in [5.74, 6) is -1.80. The molecule has 0 fully saturated rings. The van der Waals surface area contributed by atoms with E-state index in [2.05, 4.69) is 21.2 Å². The zero-order chi connectivity index (χ0) is 12.1. The Hall–Kier alpha value is -1.40. The fourth-order valence-electron chi connectivity index (χ4n) is 1.01. The van der Waals surface area contributed by atoms with E-state index in [1.54, 1.807) is 24.3 Å². The zero-order valence-electron chi connectivity index (χ0n) is 8.18. The first-order valence-electron chi connectivity index (χ1n) is 4.45. The second-order valence-corrected chi connectivity index (χ2v) is 3.99. The quantitative estimate of drug-likeness (QED) is 0.758. The van der Waals surface area contributed by atoms with Gasteiger partial charge in [-0.3, -0.25) is 4.79 Å². The number of carboxylic acids is 1. The largest absolute Gasteiger partial charge is 0.479 e. The molecular formula is C10H10BrNO4. The van der Waals surface area contributed by atoms with Crippen molar-refractivity contribution in [2.45, 2.75) is 6.10 Å². The summed E-state index contributed by atoms with van der Waals surface area (Å²) in [7, 11) is 0. The molecule has 3 N–H and O–H groups in total. The highest BCUT2D eigenvalue weighted by molar-refractivity contribution is 9.10. The van der Waals surface area contributed by atoms with Crippen LogP contribution in [0.3, 0.4) is 0 Å². The van der Waals surface area contributed by atoms with Crippen LogP contribution in [0.2, 0.25) is 0 Å². The van der Waals surface area contributed by atoms with Crippen LogP contribution < -0.4 is 5.32 Å². The predicted octanol–water partition coefficient (Wildman–Crippen LogP) is 0.624. The standard InChI is InChI=1S/C10H10BrNO4/c11-7-3-1-2-6(4-7)9(14)12-5-8(13)10(15)16/h1-4,8,13H,5H2,(H,12,14)(H,15,16)/t8-/m0/s1. The average molecular weight is 288 g/mol. The van der Waals surface area contributed by atoms with Crippen molar-refractivity contribution in [1.29, 1.82) is 0 Å². The molecular weight excluding hydrogens is 278 g/mol. The second-order valence-electron chi connectivity index (χ2n) is 3.07. The Labute approximate surface area is 100 Å². The van der Waals surface area contributed by atoms with Gasteiger partial charge in [0.2, 0.25) is 0 Å². The van der Waals surface area contributed by atoms with Crippen LogP contribution in [0.5, 0.6) is 0 Å². The molecule has 0 aliphatic rings. The van der Waals surface area contributed by atoms with E-state index in [4.69, 9.17) is 10.2 Å². The number of aliphatic carboxylic acids is 1. The van der Waals surface area contributed by atoms with Crippen molar-refractivity contribution in [3.8, 4) is 0 Å². The van der Waals surface area contributed by atoms with E-state index in [9.17, 15) is 9.59 Å². The first kappa shape index (κ1) is 12.7. The maximum absolute atomic E-state index is 11.5. The van der Waals surface area contributed by atoms with Crippen LogP contribution in [0.1, 0.15) is 10.4 Å². The van der Waals surface area contributed by atoms with Crippen LogP contribution in [0, 0.1) is 0 Å². The van der Waals surface area contributed by atoms with Crippen LogP contribution in [0.4, 0.5) is 0 Å². The van der Waals surface area contributed by atoms with Crippen LogP contribution in [-0.4, -0.2) is 34.7 Å². The fraction of sp³-hybridized carbons (Fsp3) is 0.200. The number of aliphatic hydroxyl groups excluding tert-OH is 1. The van der Waals surface area contributed by atoms with Gasteiger partial charge in [0.05, 0.1) is 6.54 Å². The lowest BCUT2D eigenvalue weighted by Crippen LogP contribution is -2.36. The Kier molecular flexibility index (Phi) is 4.45. The summed E-state index contributed by atoms with van der Waals surface area (Å²) in [6, 6.07) is 6.64. The Morgan fingerprint density at radius 3 is 2.69 bits per heavy atom. The Balaban J connectivity index is 2.56. The number of rotatable bonds is 4. The Bertz CT molecular complexity index is 408. The molecule has 1 amide bonds. The third-order valence-corrected chi connectivity index (χ3v) is 2.32. The lowest BCUT2D eigenvalue weighted by atomic mass is 10.2. The highest BCUT2D eigenvalue weighted by atomic mass is 79.9. The molecule has 86 valence electrons. The lowest BCUT2D eigenvalue weighted by molar-refractivity contribution is -0.146. The van der Waals surface area contributed by atoms with Gasteiger partial charge in [0, 0.05) is 10.0 Å². The van der Waals surface area contributed by atoms with Crippen molar-refractivity contribution in [2.75, 3.05) is 6.54 Å². The van der Waals surface area contributed by atoms with Gasteiger partial charge in [-0.05, 0) is 18.2 Å². The second kappa shape index (κ2) is 5.62. The molecule has 0 saturated heterocycles. The minimum atomic E-state index is -1.59. The smallest absolute Gasteiger partial charge is 0.334 e. The molecule has 1 aromatic carbocycles. The van der Waals surface area contributed by atoms with Crippen molar-refractivity contribution in [1.82, 2.24) is 5.32 Å². The van der Waals surface area contributed by atoms with Gasteiger partial charge in [0.25, 0.3) is 5.91 Å². The minimum absolute atomic E-state index is 0.319. The third-order valence-electron chi connectivity index (χ3n) is 1.83. The van der Waals surface area contributed by atoms with Crippen LogP contribution in [0.15, 0.2) is 28.7 Å². The van der Waals surface area contributed by atoms with Gasteiger partial charge in [-0.15, -0.1) is 0 Å². The van der Waals surface area contributed by atoms with Crippen molar-refractivity contribution in [2.24, 2.45) is 0 Å². The van der Waals surface area contributed by atoms with Crippen molar-refractivity contribution >= 4 is 27.8 Å². The number of hydrogen-bond donors (Lipinski definition) is 3. The Morgan fingerprint density at radius 1 is 1.44 bits per heavy atom. The molecule has 1 rings (SSSR count). The lowest BCUT2D eigenvalue weighted by Gasteiger charge is -2.07. The molecule has 0 bridgehead atoms. The maximum atomic E-state index is 11.5. The van der Waals surface area contributed by atoms with Crippen LogP contribution in [-0.2, 0) is 4.79 Å².